The number of amides is 1. The van der Waals surface area contributed by atoms with Crippen LogP contribution in [-0.4, -0.2) is 31.2 Å². The Labute approximate surface area is 170 Å². The average molecular weight is 391 g/mol. The molecule has 0 aliphatic heterocycles. The molecule has 1 unspecified atom stereocenters. The van der Waals surface area contributed by atoms with Crippen molar-refractivity contribution in [2.45, 2.75) is 13.0 Å². The molecule has 3 rings (SSSR count). The molecule has 0 saturated heterocycles. The fraction of sp³-hybridized carbons (Fsp3) is 0.217. The maximum Gasteiger partial charge on any atom is 0.251 e. The van der Waals surface area contributed by atoms with Gasteiger partial charge in [0.15, 0.2) is 0 Å². The Morgan fingerprint density at radius 2 is 1.76 bits per heavy atom. The van der Waals surface area contributed by atoms with Crippen molar-refractivity contribution in [2.24, 2.45) is 0 Å². The van der Waals surface area contributed by atoms with Gasteiger partial charge in [-0.05, 0) is 48.9 Å². The molecule has 150 valence electrons. The van der Waals surface area contributed by atoms with Gasteiger partial charge in [-0.2, -0.15) is 0 Å². The van der Waals surface area contributed by atoms with Gasteiger partial charge in [0.1, 0.15) is 23.9 Å². The molecule has 2 N–H and O–H groups in total. The van der Waals surface area contributed by atoms with Gasteiger partial charge >= 0.3 is 0 Å². The molecule has 0 fully saturated rings. The van der Waals surface area contributed by atoms with E-state index >= 15 is 0 Å². The highest BCUT2D eigenvalue weighted by Gasteiger charge is 2.12. The standard InChI is InChI=1S/C23H25N3O3/c1-17(18-6-4-3-5-7-18)26-23(27)19-12-13-24-22(16-19)25-14-15-29-21-10-8-20(28-2)9-11-21/h3-13,16-17H,14-15H2,1-2H3,(H,24,25)(H,26,27). The molecular weight excluding hydrogens is 366 g/mol. The second-order valence-corrected chi connectivity index (χ2v) is 6.49. The second-order valence-electron chi connectivity index (χ2n) is 6.49. The number of ether oxygens (including phenoxy) is 2. The lowest BCUT2D eigenvalue weighted by Gasteiger charge is -2.15. The number of nitrogens with zero attached hydrogens (tertiary/aromatic N) is 1. The van der Waals surface area contributed by atoms with Crippen molar-refractivity contribution >= 4 is 11.7 Å². The number of nitrogens with one attached hydrogen (secondary N) is 2. The molecule has 1 atom stereocenters. The monoisotopic (exact) mass is 391 g/mol. The van der Waals surface area contributed by atoms with Gasteiger partial charge in [0.2, 0.25) is 0 Å². The number of hydrogen-bond donors (Lipinski definition) is 2. The van der Waals surface area contributed by atoms with E-state index in [1.165, 1.54) is 0 Å². The number of methoxy groups -OCH3 is 1. The summed E-state index contributed by atoms with van der Waals surface area (Å²) in [6.07, 6.45) is 1.62. The van der Waals surface area contributed by atoms with Crippen LogP contribution >= 0.6 is 0 Å². The lowest BCUT2D eigenvalue weighted by Crippen LogP contribution is -2.26. The smallest absolute Gasteiger partial charge is 0.251 e. The van der Waals surface area contributed by atoms with Crippen molar-refractivity contribution in [3.8, 4) is 11.5 Å². The Hall–Kier alpha value is -3.54. The first-order chi connectivity index (χ1) is 14.2. The lowest BCUT2D eigenvalue weighted by molar-refractivity contribution is 0.0940. The largest absolute Gasteiger partial charge is 0.497 e. The Balaban J connectivity index is 1.49. The number of hydrogen-bond acceptors (Lipinski definition) is 5. The van der Waals surface area contributed by atoms with Crippen LogP contribution in [0, 0.1) is 0 Å². The zero-order chi connectivity index (χ0) is 20.5. The van der Waals surface area contributed by atoms with E-state index in [0.717, 1.165) is 17.1 Å². The first-order valence-electron chi connectivity index (χ1n) is 9.48. The number of aromatic nitrogens is 1. The molecule has 0 radical (unpaired) electrons. The van der Waals surface area contributed by atoms with Gasteiger partial charge < -0.3 is 20.1 Å². The number of rotatable bonds is 9. The van der Waals surface area contributed by atoms with Crippen LogP contribution in [0.2, 0.25) is 0 Å². The predicted molar refractivity (Wildman–Crippen MR) is 114 cm³/mol. The first-order valence-corrected chi connectivity index (χ1v) is 9.48. The summed E-state index contributed by atoms with van der Waals surface area (Å²) in [5.41, 5.74) is 1.62. The van der Waals surface area contributed by atoms with E-state index in [-0.39, 0.29) is 11.9 Å². The van der Waals surface area contributed by atoms with Crippen LogP contribution in [0.4, 0.5) is 5.82 Å². The van der Waals surface area contributed by atoms with Gasteiger partial charge in [0, 0.05) is 11.8 Å². The summed E-state index contributed by atoms with van der Waals surface area (Å²) < 4.78 is 10.8. The highest BCUT2D eigenvalue weighted by atomic mass is 16.5. The van der Waals surface area contributed by atoms with Crippen molar-refractivity contribution in [3.05, 3.63) is 84.1 Å². The van der Waals surface area contributed by atoms with Crippen LogP contribution in [0.1, 0.15) is 28.9 Å². The molecule has 0 saturated carbocycles. The Bertz CT molecular complexity index is 914. The molecule has 1 aromatic heterocycles. The summed E-state index contributed by atoms with van der Waals surface area (Å²) in [5.74, 6) is 2.05. The average Bonchev–Trinajstić information content (AvgIpc) is 2.78. The topological polar surface area (TPSA) is 72.5 Å². The van der Waals surface area contributed by atoms with Crippen molar-refractivity contribution in [2.75, 3.05) is 25.6 Å². The minimum atomic E-state index is -0.138. The normalized spacial score (nSPS) is 11.4. The summed E-state index contributed by atoms with van der Waals surface area (Å²) in [7, 11) is 1.63. The van der Waals surface area contributed by atoms with Gasteiger partial charge in [-0.25, -0.2) is 4.98 Å². The highest BCUT2D eigenvalue weighted by molar-refractivity contribution is 5.95. The number of anilines is 1. The van der Waals surface area contributed by atoms with Gasteiger partial charge in [0.05, 0.1) is 19.7 Å². The maximum atomic E-state index is 12.5. The molecule has 0 bridgehead atoms. The molecule has 6 heteroatoms. The lowest BCUT2D eigenvalue weighted by atomic mass is 10.1. The van der Waals surface area contributed by atoms with Gasteiger partial charge in [-0.15, -0.1) is 0 Å². The molecule has 1 amide bonds. The maximum absolute atomic E-state index is 12.5. The van der Waals surface area contributed by atoms with Crippen molar-refractivity contribution in [1.29, 1.82) is 0 Å². The molecule has 6 nitrogen and oxygen atoms in total. The molecular formula is C23H25N3O3. The second kappa shape index (κ2) is 10.1. The molecule has 0 aliphatic carbocycles. The molecule has 3 aromatic rings. The zero-order valence-corrected chi connectivity index (χ0v) is 16.6. The third-order valence-corrected chi connectivity index (χ3v) is 4.41. The van der Waals surface area contributed by atoms with Crippen LogP contribution in [0.3, 0.4) is 0 Å². The number of carbonyl (C=O) groups excluding carboxylic acids is 1. The summed E-state index contributed by atoms with van der Waals surface area (Å²) in [6, 6.07) is 20.6. The number of benzene rings is 2. The molecule has 0 aliphatic rings. The van der Waals surface area contributed by atoms with Crippen LogP contribution < -0.4 is 20.1 Å². The third-order valence-electron chi connectivity index (χ3n) is 4.41. The van der Waals surface area contributed by atoms with Gasteiger partial charge in [-0.1, -0.05) is 30.3 Å². The minimum Gasteiger partial charge on any atom is -0.497 e. The first kappa shape index (κ1) is 20.2. The van der Waals surface area contributed by atoms with E-state index < -0.39 is 0 Å². The van der Waals surface area contributed by atoms with E-state index in [1.807, 2.05) is 61.5 Å². The Kier molecular flexibility index (Phi) is 7.05. The SMILES string of the molecule is COc1ccc(OCCNc2cc(C(=O)NC(C)c3ccccc3)ccn2)cc1. The zero-order valence-electron chi connectivity index (χ0n) is 16.6. The van der Waals surface area contributed by atoms with Crippen LogP contribution in [0.5, 0.6) is 11.5 Å². The fourth-order valence-electron chi connectivity index (χ4n) is 2.79. The summed E-state index contributed by atoms with van der Waals surface area (Å²) >= 11 is 0. The molecule has 1 heterocycles. The number of pyridine rings is 1. The minimum absolute atomic E-state index is 0.0776. The van der Waals surface area contributed by atoms with Crippen molar-refractivity contribution in [1.82, 2.24) is 10.3 Å². The Morgan fingerprint density at radius 1 is 1.03 bits per heavy atom. The van der Waals surface area contributed by atoms with Gasteiger partial charge in [0.25, 0.3) is 5.91 Å². The molecule has 2 aromatic carbocycles. The summed E-state index contributed by atoms with van der Waals surface area (Å²) in [4.78, 5) is 16.8. The summed E-state index contributed by atoms with van der Waals surface area (Å²) in [5, 5.41) is 6.19. The quantitative estimate of drug-likeness (QED) is 0.538. The Morgan fingerprint density at radius 3 is 2.48 bits per heavy atom. The van der Waals surface area contributed by atoms with Gasteiger partial charge in [-0.3, -0.25) is 4.79 Å². The van der Waals surface area contributed by atoms with E-state index in [2.05, 4.69) is 15.6 Å². The van der Waals surface area contributed by atoms with Crippen LogP contribution in [-0.2, 0) is 0 Å². The molecule has 29 heavy (non-hydrogen) atoms. The summed E-state index contributed by atoms with van der Waals surface area (Å²) in [6.45, 7) is 2.99. The highest BCUT2D eigenvalue weighted by Crippen LogP contribution is 2.17. The molecule has 0 spiro atoms. The third kappa shape index (κ3) is 5.97. The van der Waals surface area contributed by atoms with E-state index in [9.17, 15) is 4.79 Å². The van der Waals surface area contributed by atoms with Crippen molar-refractivity contribution < 1.29 is 14.3 Å². The van der Waals surface area contributed by atoms with Crippen LogP contribution in [0.15, 0.2) is 72.9 Å². The fourth-order valence-corrected chi connectivity index (χ4v) is 2.79. The van der Waals surface area contributed by atoms with E-state index in [4.69, 9.17) is 9.47 Å². The van der Waals surface area contributed by atoms with E-state index in [1.54, 1.807) is 25.4 Å². The van der Waals surface area contributed by atoms with Crippen molar-refractivity contribution in [3.63, 3.8) is 0 Å². The van der Waals surface area contributed by atoms with Crippen LogP contribution in [0.25, 0.3) is 0 Å². The van der Waals surface area contributed by atoms with E-state index in [0.29, 0.717) is 24.5 Å². The number of carbonyl (C=O) groups is 1. The predicted octanol–water partition coefficient (Wildman–Crippen LogP) is 4.07.